The van der Waals surface area contributed by atoms with Gasteiger partial charge in [-0.25, -0.2) is 18.9 Å². The molecular weight excluding hydrogens is 381 g/mol. The summed E-state index contributed by atoms with van der Waals surface area (Å²) in [5, 5.41) is 0. The van der Waals surface area contributed by atoms with Crippen LogP contribution in [0.2, 0.25) is 0 Å². The molecule has 0 unspecified atom stereocenters. The van der Waals surface area contributed by atoms with E-state index in [4.69, 9.17) is 9.47 Å². The zero-order valence-corrected chi connectivity index (χ0v) is 15.6. The van der Waals surface area contributed by atoms with Gasteiger partial charge in [0.1, 0.15) is 5.82 Å². The molecule has 0 aliphatic carbocycles. The normalized spacial score (nSPS) is 12.7. The SMILES string of the molecule is CCCCOC(=O)COC(=O)c1ccc2c(c1)C(=O)N(c1ccc(F)cc1)C2=O. The summed E-state index contributed by atoms with van der Waals surface area (Å²) in [7, 11) is 0. The molecule has 29 heavy (non-hydrogen) atoms. The maximum Gasteiger partial charge on any atom is 0.344 e. The molecule has 0 saturated heterocycles. The number of rotatable bonds is 7. The minimum atomic E-state index is -0.819. The second-order valence-corrected chi connectivity index (χ2v) is 6.33. The van der Waals surface area contributed by atoms with Gasteiger partial charge in [-0.15, -0.1) is 0 Å². The summed E-state index contributed by atoms with van der Waals surface area (Å²) in [6.07, 6.45) is 1.58. The van der Waals surface area contributed by atoms with Crippen molar-refractivity contribution in [1.29, 1.82) is 0 Å². The van der Waals surface area contributed by atoms with Crippen molar-refractivity contribution >= 4 is 29.4 Å². The van der Waals surface area contributed by atoms with Crippen LogP contribution in [-0.2, 0) is 14.3 Å². The van der Waals surface area contributed by atoms with Crippen LogP contribution in [0.1, 0.15) is 50.8 Å². The number of nitrogens with zero attached hydrogens (tertiary/aromatic N) is 1. The Kier molecular flexibility index (Phi) is 6.01. The fraction of sp³-hybridized carbons (Fsp3) is 0.238. The predicted molar refractivity (Wildman–Crippen MR) is 100 cm³/mol. The standard InChI is InChI=1S/C21H18FNO6/c1-2-3-10-28-18(24)12-29-21(27)13-4-9-16-17(11-13)20(26)23(19(16)25)15-7-5-14(22)6-8-15/h4-9,11H,2-3,10,12H2,1H3. The zero-order valence-electron chi connectivity index (χ0n) is 15.6. The van der Waals surface area contributed by atoms with E-state index < -0.39 is 36.2 Å². The molecule has 1 aliphatic rings. The first-order valence-electron chi connectivity index (χ1n) is 9.03. The van der Waals surface area contributed by atoms with Gasteiger partial charge < -0.3 is 9.47 Å². The predicted octanol–water partition coefficient (Wildman–Crippen LogP) is 3.13. The van der Waals surface area contributed by atoms with Crippen LogP contribution in [0.15, 0.2) is 42.5 Å². The van der Waals surface area contributed by atoms with Crippen LogP contribution in [0.25, 0.3) is 0 Å². The molecule has 0 aromatic heterocycles. The smallest absolute Gasteiger partial charge is 0.344 e. The number of halogens is 1. The molecule has 3 rings (SSSR count). The van der Waals surface area contributed by atoms with Gasteiger partial charge in [-0.05, 0) is 48.9 Å². The lowest BCUT2D eigenvalue weighted by atomic mass is 10.1. The van der Waals surface area contributed by atoms with Crippen molar-refractivity contribution in [1.82, 2.24) is 0 Å². The Morgan fingerprint density at radius 2 is 1.66 bits per heavy atom. The van der Waals surface area contributed by atoms with Gasteiger partial charge in [-0.3, -0.25) is 9.59 Å². The maximum absolute atomic E-state index is 13.1. The first kappa shape index (κ1) is 20.2. The highest BCUT2D eigenvalue weighted by Gasteiger charge is 2.37. The first-order chi connectivity index (χ1) is 13.9. The number of fused-ring (bicyclic) bond motifs is 1. The van der Waals surface area contributed by atoms with Crippen LogP contribution in [0.5, 0.6) is 0 Å². The molecule has 0 atom stereocenters. The highest BCUT2D eigenvalue weighted by molar-refractivity contribution is 6.34. The van der Waals surface area contributed by atoms with Gasteiger partial charge >= 0.3 is 11.9 Å². The van der Waals surface area contributed by atoms with Crippen LogP contribution in [0.3, 0.4) is 0 Å². The monoisotopic (exact) mass is 399 g/mol. The molecule has 150 valence electrons. The van der Waals surface area contributed by atoms with Crippen molar-refractivity contribution in [2.45, 2.75) is 19.8 Å². The summed E-state index contributed by atoms with van der Waals surface area (Å²) in [6, 6.07) is 8.83. The maximum atomic E-state index is 13.1. The van der Waals surface area contributed by atoms with Gasteiger partial charge in [0.25, 0.3) is 11.8 Å². The van der Waals surface area contributed by atoms with Crippen LogP contribution in [0.4, 0.5) is 10.1 Å². The van der Waals surface area contributed by atoms with Crippen LogP contribution in [-0.4, -0.2) is 37.0 Å². The molecule has 8 heteroatoms. The molecule has 7 nitrogen and oxygen atoms in total. The van der Waals surface area contributed by atoms with Crippen molar-refractivity contribution in [3.8, 4) is 0 Å². The summed E-state index contributed by atoms with van der Waals surface area (Å²) >= 11 is 0. The molecule has 0 N–H and O–H groups in total. The number of amides is 2. The van der Waals surface area contributed by atoms with Gasteiger partial charge in [0.05, 0.1) is 29.0 Å². The Hall–Kier alpha value is -3.55. The molecule has 0 spiro atoms. The van der Waals surface area contributed by atoms with Gasteiger partial charge in [0.15, 0.2) is 6.61 Å². The quantitative estimate of drug-likeness (QED) is 0.404. The minimum absolute atomic E-state index is 0.0206. The summed E-state index contributed by atoms with van der Waals surface area (Å²) in [4.78, 5) is 49.8. The summed E-state index contributed by atoms with van der Waals surface area (Å²) in [6.45, 7) is 1.65. The van der Waals surface area contributed by atoms with E-state index in [0.717, 1.165) is 23.5 Å². The Labute approximate surface area is 166 Å². The Balaban J connectivity index is 1.71. The number of carbonyl (C=O) groups is 4. The second kappa shape index (κ2) is 8.64. The molecule has 1 aliphatic heterocycles. The number of carbonyl (C=O) groups excluding carboxylic acids is 4. The van der Waals surface area contributed by atoms with E-state index in [1.807, 2.05) is 6.92 Å². The third-order valence-corrected chi connectivity index (χ3v) is 4.29. The van der Waals surface area contributed by atoms with Crippen molar-refractivity contribution in [3.05, 3.63) is 65.0 Å². The van der Waals surface area contributed by atoms with Crippen molar-refractivity contribution in [2.24, 2.45) is 0 Å². The van der Waals surface area contributed by atoms with Crippen molar-refractivity contribution in [2.75, 3.05) is 18.1 Å². The fourth-order valence-electron chi connectivity index (χ4n) is 2.77. The van der Waals surface area contributed by atoms with Gasteiger partial charge in [-0.1, -0.05) is 13.3 Å². The highest BCUT2D eigenvalue weighted by atomic mass is 19.1. The molecule has 0 radical (unpaired) electrons. The zero-order chi connectivity index (χ0) is 21.0. The lowest BCUT2D eigenvalue weighted by Gasteiger charge is -2.13. The number of benzene rings is 2. The summed E-state index contributed by atoms with van der Waals surface area (Å²) in [5.74, 6) is -3.19. The van der Waals surface area contributed by atoms with Crippen LogP contribution < -0.4 is 4.90 Å². The molecule has 1 heterocycles. The van der Waals surface area contributed by atoms with Crippen molar-refractivity contribution < 1.29 is 33.0 Å². The minimum Gasteiger partial charge on any atom is -0.463 e. The molecule has 2 aromatic carbocycles. The Morgan fingerprint density at radius 3 is 2.34 bits per heavy atom. The first-order valence-corrected chi connectivity index (χ1v) is 9.03. The lowest BCUT2D eigenvalue weighted by molar-refractivity contribution is -0.147. The van der Waals surface area contributed by atoms with E-state index in [1.54, 1.807) is 0 Å². The summed E-state index contributed by atoms with van der Waals surface area (Å²) < 4.78 is 22.9. The molecule has 2 aromatic rings. The number of hydrogen-bond acceptors (Lipinski definition) is 6. The number of unbranched alkanes of at least 4 members (excludes halogenated alkanes) is 1. The number of hydrogen-bond donors (Lipinski definition) is 0. The van der Waals surface area contributed by atoms with E-state index in [0.29, 0.717) is 6.42 Å². The number of esters is 2. The molecular formula is C21H18FNO6. The topological polar surface area (TPSA) is 90.0 Å². The average Bonchev–Trinajstić information content (AvgIpc) is 2.97. The van der Waals surface area contributed by atoms with E-state index in [-0.39, 0.29) is 29.0 Å². The largest absolute Gasteiger partial charge is 0.463 e. The van der Waals surface area contributed by atoms with Crippen LogP contribution >= 0.6 is 0 Å². The molecule has 0 saturated carbocycles. The number of imide groups is 1. The van der Waals surface area contributed by atoms with Gasteiger partial charge in [0, 0.05) is 0 Å². The third kappa shape index (κ3) is 4.31. The third-order valence-electron chi connectivity index (χ3n) is 4.29. The fourth-order valence-corrected chi connectivity index (χ4v) is 2.77. The Morgan fingerprint density at radius 1 is 0.966 bits per heavy atom. The molecule has 0 bridgehead atoms. The molecule has 0 fully saturated rings. The lowest BCUT2D eigenvalue weighted by Crippen LogP contribution is -2.29. The number of ether oxygens (including phenoxy) is 2. The molecule has 2 amide bonds. The average molecular weight is 399 g/mol. The number of anilines is 1. The second-order valence-electron chi connectivity index (χ2n) is 6.33. The van der Waals surface area contributed by atoms with Crippen LogP contribution in [0, 0.1) is 5.82 Å². The van der Waals surface area contributed by atoms with E-state index in [2.05, 4.69) is 0 Å². The van der Waals surface area contributed by atoms with E-state index in [9.17, 15) is 23.6 Å². The van der Waals surface area contributed by atoms with E-state index >= 15 is 0 Å². The van der Waals surface area contributed by atoms with Gasteiger partial charge in [0.2, 0.25) is 0 Å². The van der Waals surface area contributed by atoms with Crippen molar-refractivity contribution in [3.63, 3.8) is 0 Å². The summed E-state index contributed by atoms with van der Waals surface area (Å²) in [5.41, 5.74) is 0.387. The highest BCUT2D eigenvalue weighted by Crippen LogP contribution is 2.29. The van der Waals surface area contributed by atoms with E-state index in [1.165, 1.54) is 30.3 Å². The Bertz CT molecular complexity index is 970. The van der Waals surface area contributed by atoms with Gasteiger partial charge in [-0.2, -0.15) is 0 Å².